The fourth-order valence-electron chi connectivity index (χ4n) is 2.39. The minimum absolute atomic E-state index is 0.168. The number of hydrogen-bond donors (Lipinski definition) is 1. The number of nitrogens with two attached hydrogens (primary N) is 1. The molecule has 0 radical (unpaired) electrons. The highest BCUT2D eigenvalue weighted by molar-refractivity contribution is 7.80. The Morgan fingerprint density at radius 2 is 1.95 bits per heavy atom. The molecule has 6 heteroatoms. The summed E-state index contributed by atoms with van der Waals surface area (Å²) in [6.45, 7) is 6.79. The highest BCUT2D eigenvalue weighted by Gasteiger charge is 2.22. The average molecular weight is 332 g/mol. The zero-order valence-corrected chi connectivity index (χ0v) is 13.8. The Morgan fingerprint density at radius 1 is 1.30 bits per heavy atom. The Kier molecular flexibility index (Phi) is 5.64. The summed E-state index contributed by atoms with van der Waals surface area (Å²) < 4.78 is 0. The second-order valence-electron chi connectivity index (χ2n) is 5.13. The first-order valence-corrected chi connectivity index (χ1v) is 7.83. The minimum atomic E-state index is 0.168. The van der Waals surface area contributed by atoms with Crippen LogP contribution >= 0.6 is 35.4 Å². The molecule has 0 spiro atoms. The lowest BCUT2D eigenvalue weighted by molar-refractivity contribution is 0.118. The van der Waals surface area contributed by atoms with Crippen LogP contribution < -0.4 is 5.73 Å². The van der Waals surface area contributed by atoms with Crippen molar-refractivity contribution in [2.24, 2.45) is 5.73 Å². The fraction of sp³-hybridized carbons (Fsp3) is 0.500. The van der Waals surface area contributed by atoms with Crippen LogP contribution in [-0.2, 0) is 6.54 Å². The van der Waals surface area contributed by atoms with Crippen molar-refractivity contribution in [3.63, 3.8) is 0 Å². The molecule has 1 aliphatic rings. The number of hydrogen-bond acceptors (Lipinski definition) is 3. The Balaban J connectivity index is 1.91. The summed E-state index contributed by atoms with van der Waals surface area (Å²) in [4.78, 5) is 5.26. The van der Waals surface area contributed by atoms with Gasteiger partial charge < -0.3 is 5.73 Å². The number of rotatable bonds is 4. The molecular weight excluding hydrogens is 313 g/mol. The summed E-state index contributed by atoms with van der Waals surface area (Å²) in [6, 6.07) is 5.77. The van der Waals surface area contributed by atoms with Crippen molar-refractivity contribution in [3.8, 4) is 0 Å². The Morgan fingerprint density at radius 3 is 2.55 bits per heavy atom. The van der Waals surface area contributed by atoms with Crippen molar-refractivity contribution in [2.45, 2.75) is 19.5 Å². The minimum Gasteiger partial charge on any atom is -0.392 e. The maximum atomic E-state index is 6.21. The monoisotopic (exact) mass is 331 g/mol. The van der Waals surface area contributed by atoms with E-state index < -0.39 is 0 Å². The fourth-order valence-corrected chi connectivity index (χ4v) is 2.92. The van der Waals surface area contributed by atoms with E-state index in [0.29, 0.717) is 4.99 Å². The van der Waals surface area contributed by atoms with Crippen LogP contribution in [0.25, 0.3) is 0 Å². The van der Waals surface area contributed by atoms with Gasteiger partial charge in [0, 0.05) is 42.8 Å². The van der Waals surface area contributed by atoms with Crippen molar-refractivity contribution >= 4 is 40.4 Å². The molecule has 1 aromatic rings. The molecule has 1 aliphatic heterocycles. The molecule has 1 saturated heterocycles. The zero-order valence-electron chi connectivity index (χ0n) is 11.5. The van der Waals surface area contributed by atoms with Gasteiger partial charge in [0.15, 0.2) is 0 Å². The molecule has 1 aromatic carbocycles. The molecule has 20 heavy (non-hydrogen) atoms. The van der Waals surface area contributed by atoms with E-state index in [1.165, 1.54) is 0 Å². The average Bonchev–Trinajstić information content (AvgIpc) is 2.43. The molecule has 0 amide bonds. The van der Waals surface area contributed by atoms with Gasteiger partial charge in [-0.1, -0.05) is 35.4 Å². The summed E-state index contributed by atoms with van der Waals surface area (Å²) in [5.74, 6) is 0. The van der Waals surface area contributed by atoms with E-state index in [1.54, 1.807) is 0 Å². The second-order valence-corrected chi connectivity index (χ2v) is 6.44. The third-order valence-electron chi connectivity index (χ3n) is 3.77. The Labute approximate surface area is 135 Å². The predicted molar refractivity (Wildman–Crippen MR) is 89.6 cm³/mol. The zero-order chi connectivity index (χ0) is 14.7. The number of nitrogens with zero attached hydrogens (tertiary/aromatic N) is 2. The van der Waals surface area contributed by atoms with E-state index in [1.807, 2.05) is 18.2 Å². The van der Waals surface area contributed by atoms with Crippen LogP contribution in [0, 0.1) is 0 Å². The molecule has 1 atom stereocenters. The first-order valence-electron chi connectivity index (χ1n) is 6.67. The maximum absolute atomic E-state index is 6.21. The molecule has 3 nitrogen and oxygen atoms in total. The van der Waals surface area contributed by atoms with Crippen molar-refractivity contribution in [1.29, 1.82) is 0 Å². The molecule has 0 aromatic heterocycles. The molecule has 0 aliphatic carbocycles. The molecule has 2 N–H and O–H groups in total. The number of piperazine rings is 1. The van der Waals surface area contributed by atoms with Gasteiger partial charge in [-0.3, -0.25) is 9.80 Å². The highest BCUT2D eigenvalue weighted by Crippen LogP contribution is 2.22. The van der Waals surface area contributed by atoms with Crippen molar-refractivity contribution < 1.29 is 0 Å². The van der Waals surface area contributed by atoms with E-state index in [2.05, 4.69) is 16.7 Å². The lowest BCUT2D eigenvalue weighted by Crippen LogP contribution is -2.52. The SMILES string of the molecule is CC(C(N)=S)N1CCN(Cc2cc(Cl)ccc2Cl)CC1. The van der Waals surface area contributed by atoms with Gasteiger partial charge in [-0.05, 0) is 30.7 Å². The van der Waals surface area contributed by atoms with E-state index >= 15 is 0 Å². The van der Waals surface area contributed by atoms with E-state index in [9.17, 15) is 0 Å². The Bertz CT molecular complexity index is 487. The van der Waals surface area contributed by atoms with E-state index in [0.717, 1.165) is 48.3 Å². The quantitative estimate of drug-likeness (QED) is 0.860. The van der Waals surface area contributed by atoms with Gasteiger partial charge >= 0.3 is 0 Å². The van der Waals surface area contributed by atoms with Crippen LogP contribution in [0.4, 0.5) is 0 Å². The van der Waals surface area contributed by atoms with Crippen LogP contribution in [0.2, 0.25) is 10.0 Å². The third kappa shape index (κ3) is 4.06. The summed E-state index contributed by atoms with van der Waals surface area (Å²) in [6.07, 6.45) is 0. The molecule has 2 rings (SSSR count). The van der Waals surface area contributed by atoms with Gasteiger partial charge in [-0.15, -0.1) is 0 Å². The standard InChI is InChI=1S/C14H19Cl2N3S/c1-10(14(17)20)19-6-4-18(5-7-19)9-11-8-12(15)2-3-13(11)16/h2-3,8,10H,4-7,9H2,1H3,(H2,17,20). The smallest absolute Gasteiger partial charge is 0.0899 e. The molecule has 110 valence electrons. The van der Waals surface area contributed by atoms with Crippen molar-refractivity contribution in [3.05, 3.63) is 33.8 Å². The van der Waals surface area contributed by atoms with Gasteiger partial charge in [0.25, 0.3) is 0 Å². The topological polar surface area (TPSA) is 32.5 Å². The van der Waals surface area contributed by atoms with Gasteiger partial charge in [0.1, 0.15) is 0 Å². The first-order chi connectivity index (χ1) is 9.47. The molecule has 1 fully saturated rings. The lowest BCUT2D eigenvalue weighted by Gasteiger charge is -2.37. The van der Waals surface area contributed by atoms with Crippen LogP contribution in [0.15, 0.2) is 18.2 Å². The van der Waals surface area contributed by atoms with Crippen LogP contribution in [0.1, 0.15) is 12.5 Å². The second kappa shape index (κ2) is 7.05. The van der Waals surface area contributed by atoms with Crippen LogP contribution in [-0.4, -0.2) is 47.0 Å². The largest absolute Gasteiger partial charge is 0.392 e. The normalized spacial score (nSPS) is 18.9. The molecule has 0 saturated carbocycles. The highest BCUT2D eigenvalue weighted by atomic mass is 35.5. The summed E-state index contributed by atoms with van der Waals surface area (Å²) in [5.41, 5.74) is 6.78. The number of thiocarbonyl (C=S) groups is 1. The van der Waals surface area contributed by atoms with Crippen LogP contribution in [0.5, 0.6) is 0 Å². The molecule has 1 heterocycles. The molecule has 1 unspecified atom stereocenters. The van der Waals surface area contributed by atoms with Gasteiger partial charge in [0.05, 0.1) is 11.0 Å². The van der Waals surface area contributed by atoms with Crippen molar-refractivity contribution in [2.75, 3.05) is 26.2 Å². The van der Waals surface area contributed by atoms with Gasteiger partial charge in [-0.2, -0.15) is 0 Å². The van der Waals surface area contributed by atoms with Crippen molar-refractivity contribution in [1.82, 2.24) is 9.80 Å². The van der Waals surface area contributed by atoms with Gasteiger partial charge in [-0.25, -0.2) is 0 Å². The summed E-state index contributed by atoms with van der Waals surface area (Å²) in [5, 5.41) is 1.50. The van der Waals surface area contributed by atoms with E-state index in [-0.39, 0.29) is 6.04 Å². The third-order valence-corrected chi connectivity index (χ3v) is 4.71. The predicted octanol–water partition coefficient (Wildman–Crippen LogP) is 2.79. The number of benzene rings is 1. The lowest BCUT2D eigenvalue weighted by atomic mass is 10.1. The van der Waals surface area contributed by atoms with E-state index in [4.69, 9.17) is 41.2 Å². The van der Waals surface area contributed by atoms with Gasteiger partial charge in [0.2, 0.25) is 0 Å². The summed E-state index contributed by atoms with van der Waals surface area (Å²) in [7, 11) is 0. The summed E-state index contributed by atoms with van der Waals surface area (Å²) >= 11 is 17.3. The number of halogens is 2. The Hall–Kier alpha value is -0.390. The maximum Gasteiger partial charge on any atom is 0.0899 e. The first kappa shape index (κ1) is 16.0. The van der Waals surface area contributed by atoms with Crippen LogP contribution in [0.3, 0.4) is 0 Å². The molecular formula is C14H19Cl2N3S. The molecule has 0 bridgehead atoms.